The van der Waals surface area contributed by atoms with Gasteiger partial charge in [0, 0.05) is 46.0 Å². The molecule has 24 heavy (non-hydrogen) atoms. The van der Waals surface area contributed by atoms with Crippen molar-refractivity contribution in [2.24, 2.45) is 0 Å². The second kappa shape index (κ2) is 7.45. The Morgan fingerprint density at radius 3 is 2.54 bits per heavy atom. The Bertz CT molecular complexity index is 681. The highest BCUT2D eigenvalue weighted by Crippen LogP contribution is 2.18. The summed E-state index contributed by atoms with van der Waals surface area (Å²) in [5.74, 6) is 0.00216. The smallest absolute Gasteiger partial charge is 0.255 e. The van der Waals surface area contributed by atoms with Crippen molar-refractivity contribution in [3.8, 4) is 0 Å². The fraction of sp³-hybridized carbons (Fsp3) is 0.368. The highest BCUT2D eigenvalue weighted by molar-refractivity contribution is 5.94. The van der Waals surface area contributed by atoms with Crippen LogP contribution in [0.1, 0.15) is 15.9 Å². The summed E-state index contributed by atoms with van der Waals surface area (Å²) in [5, 5.41) is 0. The molecule has 0 unspecified atom stereocenters. The summed E-state index contributed by atoms with van der Waals surface area (Å²) >= 11 is 0. The second-order valence-electron chi connectivity index (χ2n) is 6.37. The van der Waals surface area contributed by atoms with E-state index in [9.17, 15) is 4.79 Å². The van der Waals surface area contributed by atoms with Gasteiger partial charge in [0.25, 0.3) is 5.91 Å². The molecule has 1 fully saturated rings. The van der Waals surface area contributed by atoms with E-state index in [0.717, 1.165) is 37.4 Å². The summed E-state index contributed by atoms with van der Waals surface area (Å²) < 4.78 is 0. The van der Waals surface area contributed by atoms with Crippen LogP contribution in [-0.2, 0) is 6.54 Å². The van der Waals surface area contributed by atoms with Crippen LogP contribution in [0, 0.1) is 0 Å². The van der Waals surface area contributed by atoms with Gasteiger partial charge in [-0.15, -0.1) is 0 Å². The number of aromatic nitrogens is 1. The average Bonchev–Trinajstić information content (AvgIpc) is 2.62. The lowest BCUT2D eigenvalue weighted by Crippen LogP contribution is -2.44. The zero-order valence-electron chi connectivity index (χ0n) is 14.4. The SMILES string of the molecule is CN1CCN(c2cncc(C(=O)N(C)Cc3ccccc3)c2)CC1. The van der Waals surface area contributed by atoms with Gasteiger partial charge >= 0.3 is 0 Å². The van der Waals surface area contributed by atoms with E-state index >= 15 is 0 Å². The van der Waals surface area contributed by atoms with Gasteiger partial charge in [0.2, 0.25) is 0 Å². The molecule has 5 nitrogen and oxygen atoms in total. The quantitative estimate of drug-likeness (QED) is 0.863. The summed E-state index contributed by atoms with van der Waals surface area (Å²) in [6.45, 7) is 4.60. The van der Waals surface area contributed by atoms with Gasteiger partial charge in [0.1, 0.15) is 0 Å². The number of carbonyl (C=O) groups excluding carboxylic acids is 1. The van der Waals surface area contributed by atoms with Crippen molar-refractivity contribution < 1.29 is 4.79 Å². The van der Waals surface area contributed by atoms with Crippen molar-refractivity contribution >= 4 is 11.6 Å². The summed E-state index contributed by atoms with van der Waals surface area (Å²) in [6.07, 6.45) is 3.50. The minimum atomic E-state index is 0.00216. The van der Waals surface area contributed by atoms with Crippen molar-refractivity contribution in [1.29, 1.82) is 0 Å². The van der Waals surface area contributed by atoms with Crippen molar-refractivity contribution in [2.75, 3.05) is 45.2 Å². The molecule has 5 heteroatoms. The Morgan fingerprint density at radius 2 is 1.83 bits per heavy atom. The first-order valence-electron chi connectivity index (χ1n) is 8.31. The third kappa shape index (κ3) is 3.92. The Labute approximate surface area is 143 Å². The van der Waals surface area contributed by atoms with E-state index < -0.39 is 0 Å². The van der Waals surface area contributed by atoms with Gasteiger partial charge in [-0.1, -0.05) is 30.3 Å². The molecule has 0 bridgehead atoms. The monoisotopic (exact) mass is 324 g/mol. The second-order valence-corrected chi connectivity index (χ2v) is 6.37. The van der Waals surface area contributed by atoms with Crippen LogP contribution in [0.4, 0.5) is 5.69 Å². The third-order valence-corrected chi connectivity index (χ3v) is 4.45. The fourth-order valence-corrected chi connectivity index (χ4v) is 2.93. The van der Waals surface area contributed by atoms with E-state index in [1.807, 2.05) is 49.6 Å². The van der Waals surface area contributed by atoms with Gasteiger partial charge in [-0.25, -0.2) is 0 Å². The van der Waals surface area contributed by atoms with E-state index in [1.165, 1.54) is 0 Å². The minimum Gasteiger partial charge on any atom is -0.368 e. The van der Waals surface area contributed by atoms with Gasteiger partial charge in [-0.3, -0.25) is 9.78 Å². The average molecular weight is 324 g/mol. The molecule has 0 atom stereocenters. The topological polar surface area (TPSA) is 39.7 Å². The first kappa shape index (κ1) is 16.5. The lowest BCUT2D eigenvalue weighted by molar-refractivity contribution is 0.0784. The number of rotatable bonds is 4. The molecule has 1 saturated heterocycles. The molecule has 2 aromatic rings. The molecule has 0 saturated carbocycles. The number of piperazine rings is 1. The first-order valence-corrected chi connectivity index (χ1v) is 8.31. The zero-order valence-corrected chi connectivity index (χ0v) is 14.4. The van der Waals surface area contributed by atoms with Crippen LogP contribution in [0.3, 0.4) is 0 Å². The van der Waals surface area contributed by atoms with Crippen LogP contribution in [0.2, 0.25) is 0 Å². The lowest BCUT2D eigenvalue weighted by Gasteiger charge is -2.34. The number of carbonyl (C=O) groups is 1. The molecule has 0 aliphatic carbocycles. The highest BCUT2D eigenvalue weighted by atomic mass is 16.2. The summed E-state index contributed by atoms with van der Waals surface area (Å²) in [6, 6.07) is 12.0. The molecule has 0 spiro atoms. The molecular weight excluding hydrogens is 300 g/mol. The third-order valence-electron chi connectivity index (χ3n) is 4.45. The van der Waals surface area contributed by atoms with Crippen LogP contribution < -0.4 is 4.90 Å². The van der Waals surface area contributed by atoms with Gasteiger partial charge < -0.3 is 14.7 Å². The van der Waals surface area contributed by atoms with Crippen molar-refractivity contribution in [2.45, 2.75) is 6.54 Å². The van der Waals surface area contributed by atoms with Crippen LogP contribution in [0.5, 0.6) is 0 Å². The standard InChI is InChI=1S/C19H24N4O/c1-21-8-10-23(11-9-21)18-12-17(13-20-14-18)19(24)22(2)15-16-6-4-3-5-7-16/h3-7,12-14H,8-11,15H2,1-2H3. The molecule has 1 aromatic heterocycles. The molecule has 126 valence electrons. The van der Waals surface area contributed by atoms with E-state index in [2.05, 4.69) is 21.8 Å². The summed E-state index contributed by atoms with van der Waals surface area (Å²) in [7, 11) is 3.96. The summed E-state index contributed by atoms with van der Waals surface area (Å²) in [5.41, 5.74) is 2.79. The number of anilines is 1. The molecule has 0 radical (unpaired) electrons. The summed E-state index contributed by atoms with van der Waals surface area (Å²) in [4.78, 5) is 23.3. The normalized spacial score (nSPS) is 15.3. The minimum absolute atomic E-state index is 0.00216. The molecule has 3 rings (SSSR count). The van der Waals surface area contributed by atoms with Crippen molar-refractivity contribution in [1.82, 2.24) is 14.8 Å². The van der Waals surface area contributed by atoms with Crippen molar-refractivity contribution in [3.05, 3.63) is 59.9 Å². The number of amides is 1. The Morgan fingerprint density at radius 1 is 1.12 bits per heavy atom. The fourth-order valence-electron chi connectivity index (χ4n) is 2.93. The molecule has 1 aliphatic heterocycles. The van der Waals surface area contributed by atoms with Gasteiger partial charge in [0.15, 0.2) is 0 Å². The van der Waals surface area contributed by atoms with E-state index in [-0.39, 0.29) is 5.91 Å². The van der Waals surface area contributed by atoms with E-state index in [0.29, 0.717) is 12.1 Å². The van der Waals surface area contributed by atoms with Crippen molar-refractivity contribution in [3.63, 3.8) is 0 Å². The maximum absolute atomic E-state index is 12.7. The molecular formula is C19H24N4O. The first-order chi connectivity index (χ1) is 11.6. The Balaban J connectivity index is 1.69. The number of pyridine rings is 1. The van der Waals surface area contributed by atoms with Crippen LogP contribution >= 0.6 is 0 Å². The Hall–Kier alpha value is -2.40. The number of benzene rings is 1. The molecule has 1 amide bonds. The number of hydrogen-bond acceptors (Lipinski definition) is 4. The number of nitrogens with zero attached hydrogens (tertiary/aromatic N) is 4. The highest BCUT2D eigenvalue weighted by Gasteiger charge is 2.17. The van der Waals surface area contributed by atoms with Gasteiger partial charge in [-0.2, -0.15) is 0 Å². The lowest BCUT2D eigenvalue weighted by atomic mass is 10.2. The molecule has 1 aliphatic rings. The maximum Gasteiger partial charge on any atom is 0.255 e. The maximum atomic E-state index is 12.7. The predicted molar refractivity (Wildman–Crippen MR) is 96.2 cm³/mol. The van der Waals surface area contributed by atoms with E-state index in [1.54, 1.807) is 11.1 Å². The van der Waals surface area contributed by atoms with E-state index in [4.69, 9.17) is 0 Å². The number of likely N-dealkylation sites (N-methyl/N-ethyl adjacent to an activating group) is 1. The Kier molecular flexibility index (Phi) is 5.11. The van der Waals surface area contributed by atoms with Crippen LogP contribution in [-0.4, -0.2) is 61.0 Å². The molecule has 2 heterocycles. The van der Waals surface area contributed by atoms with Crippen LogP contribution in [0.15, 0.2) is 48.8 Å². The molecule has 0 N–H and O–H groups in total. The van der Waals surface area contributed by atoms with Gasteiger partial charge in [0.05, 0.1) is 17.4 Å². The van der Waals surface area contributed by atoms with Gasteiger partial charge in [-0.05, 0) is 18.7 Å². The number of hydrogen-bond donors (Lipinski definition) is 0. The largest absolute Gasteiger partial charge is 0.368 e. The zero-order chi connectivity index (χ0) is 16.9. The van der Waals surface area contributed by atoms with Crippen LogP contribution in [0.25, 0.3) is 0 Å². The molecule has 1 aromatic carbocycles. The predicted octanol–water partition coefficient (Wildman–Crippen LogP) is 2.11.